The van der Waals surface area contributed by atoms with E-state index in [-0.39, 0.29) is 24.3 Å². The van der Waals surface area contributed by atoms with Crippen molar-refractivity contribution in [3.8, 4) is 0 Å². The van der Waals surface area contributed by atoms with E-state index >= 15 is 0 Å². The van der Waals surface area contributed by atoms with Gasteiger partial charge in [-0.2, -0.15) is 8.42 Å². The Hall–Kier alpha value is -2.41. The summed E-state index contributed by atoms with van der Waals surface area (Å²) in [5.41, 5.74) is 2.37. The van der Waals surface area contributed by atoms with Crippen LogP contribution in [0.1, 0.15) is 52.0 Å². The summed E-state index contributed by atoms with van der Waals surface area (Å²) in [7, 11) is -4.09. The first kappa shape index (κ1) is 25.7. The van der Waals surface area contributed by atoms with Gasteiger partial charge in [-0.15, -0.1) is 11.3 Å². The number of nitrogens with zero attached hydrogens (tertiary/aromatic N) is 2. The van der Waals surface area contributed by atoms with E-state index in [1.165, 1.54) is 23.9 Å². The highest BCUT2D eigenvalue weighted by Crippen LogP contribution is 2.32. The molecule has 35 heavy (non-hydrogen) atoms. The third kappa shape index (κ3) is 6.43. The van der Waals surface area contributed by atoms with Gasteiger partial charge in [0.05, 0.1) is 23.2 Å². The first-order valence-corrected chi connectivity index (χ1v) is 13.6. The molecule has 1 fully saturated rings. The van der Waals surface area contributed by atoms with Gasteiger partial charge in [-0.05, 0) is 47.5 Å². The van der Waals surface area contributed by atoms with Crippen molar-refractivity contribution >= 4 is 44.8 Å². The number of aliphatic hydroxyl groups is 1. The van der Waals surface area contributed by atoms with Crippen molar-refractivity contribution in [2.75, 3.05) is 11.9 Å². The van der Waals surface area contributed by atoms with Gasteiger partial charge in [0.15, 0.2) is 0 Å². The highest BCUT2D eigenvalue weighted by Gasteiger charge is 2.34. The van der Waals surface area contributed by atoms with E-state index < -0.39 is 22.3 Å². The number of ketones is 1. The Morgan fingerprint density at radius 3 is 2.89 bits per heavy atom. The lowest BCUT2D eigenvalue weighted by Gasteiger charge is -2.15. The predicted octanol–water partition coefficient (Wildman–Crippen LogP) is 3.35. The van der Waals surface area contributed by atoms with Gasteiger partial charge in [0.2, 0.25) is 5.78 Å². The van der Waals surface area contributed by atoms with Crippen LogP contribution in [-0.4, -0.2) is 48.0 Å². The van der Waals surface area contributed by atoms with Crippen molar-refractivity contribution in [1.29, 1.82) is 0 Å². The molecule has 2 aromatic heterocycles. The molecule has 0 bridgehead atoms. The van der Waals surface area contributed by atoms with Gasteiger partial charge in [-0.1, -0.05) is 30.7 Å². The highest BCUT2D eigenvalue weighted by molar-refractivity contribution is 7.84. The molecule has 12 heteroatoms. The van der Waals surface area contributed by atoms with Crippen LogP contribution in [0.2, 0.25) is 5.02 Å². The molecule has 1 aliphatic rings. The van der Waals surface area contributed by atoms with Crippen LogP contribution in [0.5, 0.6) is 0 Å². The molecule has 0 unspecified atom stereocenters. The Balaban J connectivity index is 1.47. The maximum Gasteiger partial charge on any atom is 0.333 e. The van der Waals surface area contributed by atoms with E-state index in [2.05, 4.69) is 26.4 Å². The molecule has 0 aliphatic heterocycles. The Morgan fingerprint density at radius 2 is 2.14 bits per heavy atom. The molecular formula is C23H25ClN4O5S2. The second kappa shape index (κ2) is 10.7. The van der Waals surface area contributed by atoms with Crippen molar-refractivity contribution in [2.24, 2.45) is 11.1 Å². The lowest BCUT2D eigenvalue weighted by atomic mass is 9.95. The maximum absolute atomic E-state index is 13.3. The molecule has 4 rings (SSSR count). The lowest BCUT2D eigenvalue weighted by molar-refractivity contribution is 0.101. The molecule has 0 spiro atoms. The summed E-state index contributed by atoms with van der Waals surface area (Å²) in [6, 6.07) is 9.27. The smallest absolute Gasteiger partial charge is 0.333 e. The number of halogens is 1. The van der Waals surface area contributed by atoms with E-state index in [0.717, 1.165) is 11.1 Å². The summed E-state index contributed by atoms with van der Waals surface area (Å²) < 4.78 is 26.8. The van der Waals surface area contributed by atoms with E-state index in [1.807, 2.05) is 35.7 Å². The topological polar surface area (TPSA) is 144 Å². The van der Waals surface area contributed by atoms with Gasteiger partial charge in [0.1, 0.15) is 12.1 Å². The zero-order valence-corrected chi connectivity index (χ0v) is 21.2. The number of nitrogens with two attached hydrogens (primary N) is 1. The molecule has 2 heterocycles. The van der Waals surface area contributed by atoms with E-state index in [1.54, 1.807) is 0 Å². The minimum atomic E-state index is -4.09. The second-order valence-electron chi connectivity index (χ2n) is 8.55. The number of nitrogens with one attached hydrogen (secondary N) is 1. The Kier molecular flexibility index (Phi) is 7.84. The molecule has 0 radical (unpaired) electrons. The standard InChI is InChI=1S/C23H25ClN4O5S2/c1-13(14-3-2-4-17(24)5-14)16-7-21(34-11-16)22(30)19-9-26-12-27-23(19)28-18-6-15(20(29)8-18)10-33-35(25,31)32/h2-5,7,9,11-13,15,18,20,29H,6,8,10H2,1H3,(H2,25,31,32)(H,26,27,28)/t13-,15+,18+,20-/m0/s1. The summed E-state index contributed by atoms with van der Waals surface area (Å²) >= 11 is 7.48. The number of hydrogen-bond acceptors (Lipinski definition) is 9. The number of benzene rings is 1. The molecule has 4 atom stereocenters. The van der Waals surface area contributed by atoms with Crippen LogP contribution in [0.15, 0.2) is 48.2 Å². The van der Waals surface area contributed by atoms with Crippen molar-refractivity contribution < 1.29 is 22.5 Å². The molecule has 1 aliphatic carbocycles. The summed E-state index contributed by atoms with van der Waals surface area (Å²) in [6.07, 6.45) is 2.80. The summed E-state index contributed by atoms with van der Waals surface area (Å²) in [4.78, 5) is 22.1. The van der Waals surface area contributed by atoms with Gasteiger partial charge in [0, 0.05) is 29.1 Å². The molecule has 4 N–H and O–H groups in total. The largest absolute Gasteiger partial charge is 0.393 e. The Bertz CT molecular complexity index is 1320. The predicted molar refractivity (Wildman–Crippen MR) is 134 cm³/mol. The van der Waals surface area contributed by atoms with E-state index in [0.29, 0.717) is 34.1 Å². The molecule has 1 saturated carbocycles. The fraction of sp³-hybridized carbons (Fsp3) is 0.348. The van der Waals surface area contributed by atoms with Crippen molar-refractivity contribution in [2.45, 2.75) is 37.8 Å². The molecule has 0 saturated heterocycles. The number of rotatable bonds is 9. The van der Waals surface area contributed by atoms with Gasteiger partial charge >= 0.3 is 10.3 Å². The number of carbonyl (C=O) groups is 1. The quantitative estimate of drug-likeness (QED) is 0.353. The SMILES string of the molecule is C[C@@H](c1cccc(Cl)c1)c1csc(C(=O)c2cncnc2N[C@@H]2C[C@H](COS(N)(=O)=O)[C@@H](O)C2)c1. The van der Waals surface area contributed by atoms with Crippen molar-refractivity contribution in [3.63, 3.8) is 0 Å². The number of anilines is 1. The van der Waals surface area contributed by atoms with Gasteiger partial charge in [-0.3, -0.25) is 8.98 Å². The lowest BCUT2D eigenvalue weighted by Crippen LogP contribution is -2.24. The number of aliphatic hydroxyl groups excluding tert-OH is 1. The van der Waals surface area contributed by atoms with Gasteiger partial charge in [-0.25, -0.2) is 15.1 Å². The first-order valence-electron chi connectivity index (χ1n) is 10.9. The van der Waals surface area contributed by atoms with Crippen LogP contribution in [0.4, 0.5) is 5.82 Å². The van der Waals surface area contributed by atoms with E-state index in [9.17, 15) is 18.3 Å². The first-order chi connectivity index (χ1) is 16.6. The number of hydrogen-bond donors (Lipinski definition) is 3. The summed E-state index contributed by atoms with van der Waals surface area (Å²) in [6.45, 7) is 1.85. The number of thiophene rings is 1. The molecule has 9 nitrogen and oxygen atoms in total. The summed E-state index contributed by atoms with van der Waals surface area (Å²) in [5.74, 6) is -0.212. The average Bonchev–Trinajstić information content (AvgIpc) is 3.43. The van der Waals surface area contributed by atoms with Crippen LogP contribution in [-0.2, 0) is 14.5 Å². The fourth-order valence-electron chi connectivity index (χ4n) is 4.18. The Morgan fingerprint density at radius 1 is 1.34 bits per heavy atom. The number of aromatic nitrogens is 2. The molecular weight excluding hydrogens is 512 g/mol. The average molecular weight is 537 g/mol. The van der Waals surface area contributed by atoms with Crippen LogP contribution in [0.3, 0.4) is 0 Å². The molecule has 186 valence electrons. The van der Waals surface area contributed by atoms with E-state index in [4.69, 9.17) is 16.7 Å². The molecule has 3 aromatic rings. The van der Waals surface area contributed by atoms with Gasteiger partial charge in [0.25, 0.3) is 0 Å². The van der Waals surface area contributed by atoms with Gasteiger partial charge < -0.3 is 10.4 Å². The Labute approximate surface area is 212 Å². The van der Waals surface area contributed by atoms with Crippen LogP contribution >= 0.6 is 22.9 Å². The second-order valence-corrected chi connectivity index (χ2v) is 11.1. The normalized spacial score (nSPS) is 21.1. The minimum absolute atomic E-state index is 0.0626. The minimum Gasteiger partial charge on any atom is -0.393 e. The molecule has 1 aromatic carbocycles. The van der Waals surface area contributed by atoms with Crippen LogP contribution < -0.4 is 10.5 Å². The van der Waals surface area contributed by atoms with Crippen molar-refractivity contribution in [1.82, 2.24) is 9.97 Å². The maximum atomic E-state index is 13.3. The highest BCUT2D eigenvalue weighted by atomic mass is 35.5. The third-order valence-corrected chi connectivity index (χ3v) is 7.74. The fourth-order valence-corrected chi connectivity index (χ4v) is 5.70. The number of carbonyl (C=O) groups excluding carboxylic acids is 1. The van der Waals surface area contributed by atoms with Crippen molar-refractivity contribution in [3.05, 3.63) is 74.8 Å². The molecule has 0 amide bonds. The zero-order valence-electron chi connectivity index (χ0n) is 18.8. The monoisotopic (exact) mass is 536 g/mol. The third-order valence-electron chi connectivity index (χ3n) is 6.09. The van der Waals surface area contributed by atoms with Crippen LogP contribution in [0.25, 0.3) is 0 Å². The van der Waals surface area contributed by atoms with Crippen LogP contribution in [0, 0.1) is 5.92 Å². The summed E-state index contributed by atoms with van der Waals surface area (Å²) in [5, 5.41) is 21.0. The zero-order chi connectivity index (χ0) is 25.2.